The molecule has 2 atom stereocenters. The third kappa shape index (κ3) is 1.43. The van der Waals surface area contributed by atoms with Gasteiger partial charge in [0.05, 0.1) is 5.41 Å². The van der Waals surface area contributed by atoms with Crippen LogP contribution in [0, 0.1) is 5.92 Å². The summed E-state index contributed by atoms with van der Waals surface area (Å²) in [5.74, 6) is -0.252. The van der Waals surface area contributed by atoms with Gasteiger partial charge in [-0.3, -0.25) is 4.79 Å². The van der Waals surface area contributed by atoms with E-state index in [1.807, 2.05) is 18.2 Å². The fourth-order valence-corrected chi connectivity index (χ4v) is 3.89. The Bertz CT molecular complexity index is 452. The van der Waals surface area contributed by atoms with Gasteiger partial charge in [0.15, 0.2) is 0 Å². The van der Waals surface area contributed by atoms with Crippen LogP contribution in [-0.4, -0.2) is 11.1 Å². The first kappa shape index (κ1) is 10.8. The Morgan fingerprint density at radius 3 is 2.88 bits per heavy atom. The lowest BCUT2D eigenvalue weighted by atomic mass is 9.57. The molecule has 1 saturated carbocycles. The molecule has 1 aromatic carbocycles. The second-order valence-electron chi connectivity index (χ2n) is 5.42. The van der Waals surface area contributed by atoms with Gasteiger partial charge in [-0.25, -0.2) is 0 Å². The van der Waals surface area contributed by atoms with Crippen molar-refractivity contribution in [1.29, 1.82) is 0 Å². The highest BCUT2D eigenvalue weighted by molar-refractivity contribution is 5.83. The molecule has 0 spiro atoms. The lowest BCUT2D eigenvalue weighted by Crippen LogP contribution is -2.48. The van der Waals surface area contributed by atoms with Gasteiger partial charge in [0.1, 0.15) is 0 Å². The van der Waals surface area contributed by atoms with Crippen molar-refractivity contribution in [3.05, 3.63) is 35.4 Å². The van der Waals surface area contributed by atoms with Crippen LogP contribution in [0.15, 0.2) is 24.3 Å². The summed E-state index contributed by atoms with van der Waals surface area (Å²) in [5.41, 5.74) is 1.78. The second kappa shape index (κ2) is 3.86. The van der Waals surface area contributed by atoms with E-state index in [2.05, 4.69) is 6.07 Å². The zero-order valence-electron chi connectivity index (χ0n) is 9.98. The number of aliphatic carboxylic acids is 1. The van der Waals surface area contributed by atoms with Gasteiger partial charge in [0, 0.05) is 0 Å². The molecule has 0 bridgehead atoms. The molecule has 0 aromatic heterocycles. The number of rotatable bonds is 1. The molecule has 1 aromatic rings. The smallest absolute Gasteiger partial charge is 0.314 e. The lowest BCUT2D eigenvalue weighted by molar-refractivity contribution is -0.148. The molecule has 2 heteroatoms. The van der Waals surface area contributed by atoms with E-state index in [1.54, 1.807) is 0 Å². The van der Waals surface area contributed by atoms with Crippen LogP contribution in [0.4, 0.5) is 0 Å². The van der Waals surface area contributed by atoms with Crippen LogP contribution in [0.5, 0.6) is 0 Å². The van der Waals surface area contributed by atoms with E-state index in [0.717, 1.165) is 37.7 Å². The molecular formula is C15H18O2. The topological polar surface area (TPSA) is 37.3 Å². The average molecular weight is 230 g/mol. The predicted octanol–water partition coefficient (Wildman–Crippen LogP) is 3.15. The summed E-state index contributed by atoms with van der Waals surface area (Å²) in [7, 11) is 0. The first-order valence-electron chi connectivity index (χ1n) is 6.57. The van der Waals surface area contributed by atoms with Gasteiger partial charge in [-0.1, -0.05) is 37.1 Å². The fourth-order valence-electron chi connectivity index (χ4n) is 3.89. The molecule has 1 N–H and O–H groups in total. The predicted molar refractivity (Wildman–Crippen MR) is 66.0 cm³/mol. The summed E-state index contributed by atoms with van der Waals surface area (Å²) in [6, 6.07) is 8.16. The lowest BCUT2D eigenvalue weighted by Gasteiger charge is -2.45. The highest BCUT2D eigenvalue weighted by Gasteiger charge is 2.50. The van der Waals surface area contributed by atoms with Crippen molar-refractivity contribution >= 4 is 5.97 Å². The van der Waals surface area contributed by atoms with Crippen LogP contribution in [0.25, 0.3) is 0 Å². The Balaban J connectivity index is 2.18. The molecule has 0 unspecified atom stereocenters. The van der Waals surface area contributed by atoms with Crippen LogP contribution in [0.3, 0.4) is 0 Å². The highest BCUT2D eigenvalue weighted by atomic mass is 16.4. The number of hydrogen-bond donors (Lipinski definition) is 1. The Morgan fingerprint density at radius 2 is 2.06 bits per heavy atom. The molecule has 1 fully saturated rings. The molecule has 0 heterocycles. The van der Waals surface area contributed by atoms with Gasteiger partial charge in [0.2, 0.25) is 0 Å². The van der Waals surface area contributed by atoms with Gasteiger partial charge < -0.3 is 5.11 Å². The minimum absolute atomic E-state index is 0.351. The monoisotopic (exact) mass is 230 g/mol. The summed E-state index contributed by atoms with van der Waals surface area (Å²) in [5, 5.41) is 9.77. The molecule has 17 heavy (non-hydrogen) atoms. The number of hydrogen-bond acceptors (Lipinski definition) is 1. The maximum absolute atomic E-state index is 11.9. The van der Waals surface area contributed by atoms with Gasteiger partial charge in [-0.05, 0) is 42.7 Å². The minimum atomic E-state index is -0.602. The first-order valence-corrected chi connectivity index (χ1v) is 6.57. The molecule has 2 nitrogen and oxygen atoms in total. The number of carbonyl (C=O) groups is 1. The van der Waals surface area contributed by atoms with Crippen molar-refractivity contribution in [2.45, 2.75) is 43.9 Å². The molecule has 2 aliphatic rings. The van der Waals surface area contributed by atoms with Crippen LogP contribution in [-0.2, 0) is 16.6 Å². The molecule has 0 aliphatic heterocycles. The zero-order valence-corrected chi connectivity index (χ0v) is 9.98. The van der Waals surface area contributed by atoms with E-state index in [-0.39, 0.29) is 0 Å². The normalized spacial score (nSPS) is 31.4. The standard InChI is InChI=1S/C15H18O2/c16-14(17)15-10-4-3-6-12(15)9-8-11-5-1-2-7-13(11)15/h1-2,5,7,12H,3-4,6,8-10H2,(H,16,17)/t12-,15+/m1/s1. The average Bonchev–Trinajstić information content (AvgIpc) is 2.38. The zero-order chi connectivity index (χ0) is 11.9. The number of aryl methyl sites for hydroxylation is 1. The van der Waals surface area contributed by atoms with Crippen molar-refractivity contribution in [1.82, 2.24) is 0 Å². The maximum Gasteiger partial charge on any atom is 0.314 e. The van der Waals surface area contributed by atoms with Crippen molar-refractivity contribution < 1.29 is 9.90 Å². The second-order valence-corrected chi connectivity index (χ2v) is 5.42. The van der Waals surface area contributed by atoms with Gasteiger partial charge in [-0.2, -0.15) is 0 Å². The quantitative estimate of drug-likeness (QED) is 0.804. The van der Waals surface area contributed by atoms with Crippen LogP contribution in [0.1, 0.15) is 43.2 Å². The van der Waals surface area contributed by atoms with E-state index in [9.17, 15) is 9.90 Å². The van der Waals surface area contributed by atoms with E-state index in [1.165, 1.54) is 12.0 Å². The Hall–Kier alpha value is -1.31. The Morgan fingerprint density at radius 1 is 1.24 bits per heavy atom. The van der Waals surface area contributed by atoms with E-state index < -0.39 is 11.4 Å². The van der Waals surface area contributed by atoms with Crippen molar-refractivity contribution in [3.8, 4) is 0 Å². The SMILES string of the molecule is O=C(O)[C@@]12CCCC[C@@H]1CCc1ccccc12. The highest BCUT2D eigenvalue weighted by Crippen LogP contribution is 2.50. The molecule has 0 amide bonds. The summed E-state index contributed by atoms with van der Waals surface area (Å²) in [6.07, 6.45) is 6.25. The number of carboxylic acid groups (broad SMARTS) is 1. The fraction of sp³-hybridized carbons (Fsp3) is 0.533. The van der Waals surface area contributed by atoms with E-state index in [0.29, 0.717) is 5.92 Å². The number of carboxylic acids is 1. The number of fused-ring (bicyclic) bond motifs is 3. The van der Waals surface area contributed by atoms with E-state index >= 15 is 0 Å². The molecular weight excluding hydrogens is 212 g/mol. The first-order chi connectivity index (χ1) is 8.25. The van der Waals surface area contributed by atoms with Crippen molar-refractivity contribution in [2.75, 3.05) is 0 Å². The molecule has 90 valence electrons. The summed E-state index contributed by atoms with van der Waals surface area (Å²) < 4.78 is 0. The van der Waals surface area contributed by atoms with Crippen LogP contribution in [0.2, 0.25) is 0 Å². The van der Waals surface area contributed by atoms with Crippen molar-refractivity contribution in [2.24, 2.45) is 5.92 Å². The van der Waals surface area contributed by atoms with Gasteiger partial charge in [0.25, 0.3) is 0 Å². The Kier molecular flexibility index (Phi) is 2.46. The molecule has 3 rings (SSSR count). The molecule has 0 radical (unpaired) electrons. The van der Waals surface area contributed by atoms with Gasteiger partial charge >= 0.3 is 5.97 Å². The Labute approximate surface area is 102 Å². The molecule has 0 saturated heterocycles. The largest absolute Gasteiger partial charge is 0.481 e. The third-order valence-corrected chi connectivity index (χ3v) is 4.71. The summed E-state index contributed by atoms with van der Waals surface area (Å²) >= 11 is 0. The summed E-state index contributed by atoms with van der Waals surface area (Å²) in [6.45, 7) is 0. The maximum atomic E-state index is 11.9. The van der Waals surface area contributed by atoms with Gasteiger partial charge in [-0.15, -0.1) is 0 Å². The molecule has 2 aliphatic carbocycles. The minimum Gasteiger partial charge on any atom is -0.481 e. The van der Waals surface area contributed by atoms with Crippen molar-refractivity contribution in [3.63, 3.8) is 0 Å². The van der Waals surface area contributed by atoms with Crippen LogP contribution >= 0.6 is 0 Å². The summed E-state index contributed by atoms with van der Waals surface area (Å²) in [4.78, 5) is 11.9. The number of benzene rings is 1. The third-order valence-electron chi connectivity index (χ3n) is 4.71. The van der Waals surface area contributed by atoms with E-state index in [4.69, 9.17) is 0 Å². The van der Waals surface area contributed by atoms with Crippen LogP contribution < -0.4 is 0 Å².